The zero-order valence-corrected chi connectivity index (χ0v) is 10.5. The van der Waals surface area contributed by atoms with Gasteiger partial charge in [0.1, 0.15) is 0 Å². The van der Waals surface area contributed by atoms with Gasteiger partial charge in [-0.25, -0.2) is 0 Å². The van der Waals surface area contributed by atoms with E-state index in [1.165, 1.54) is 12.8 Å². The third-order valence-corrected chi connectivity index (χ3v) is 3.25. The molecule has 86 valence electrons. The van der Waals surface area contributed by atoms with E-state index in [1.807, 2.05) is 0 Å². The number of hydrogen-bond acceptors (Lipinski definition) is 1. The second-order valence-electron chi connectivity index (χ2n) is 4.61. The summed E-state index contributed by atoms with van der Waals surface area (Å²) in [7, 11) is 0. The van der Waals surface area contributed by atoms with Gasteiger partial charge in [-0.3, -0.25) is 0 Å². The average Bonchev–Trinajstić information content (AvgIpc) is 2.15. The first-order valence-electron chi connectivity index (χ1n) is 6.34. The Hall–Kier alpha value is -0.0400. The van der Waals surface area contributed by atoms with Crippen molar-refractivity contribution in [2.75, 3.05) is 0 Å². The molecule has 0 unspecified atom stereocenters. The maximum Gasteiger partial charge on any atom is 0.0650 e. The smallest absolute Gasteiger partial charge is 0.0650 e. The van der Waals surface area contributed by atoms with Crippen LogP contribution in [-0.2, 0) is 0 Å². The molecule has 0 aliphatic rings. The summed E-state index contributed by atoms with van der Waals surface area (Å²) in [4.78, 5) is 0. The summed E-state index contributed by atoms with van der Waals surface area (Å²) >= 11 is 0. The fourth-order valence-electron chi connectivity index (χ4n) is 2.37. The maximum atomic E-state index is 10.4. The summed E-state index contributed by atoms with van der Waals surface area (Å²) in [6, 6.07) is 0. The topological polar surface area (TPSA) is 20.2 Å². The quantitative estimate of drug-likeness (QED) is 0.624. The summed E-state index contributed by atoms with van der Waals surface area (Å²) in [5, 5.41) is 10.4. The third kappa shape index (κ3) is 4.99. The van der Waals surface area contributed by atoms with E-state index in [1.54, 1.807) is 0 Å². The molecule has 14 heavy (non-hydrogen) atoms. The van der Waals surface area contributed by atoms with Crippen LogP contribution in [-0.4, -0.2) is 10.7 Å². The van der Waals surface area contributed by atoms with Crippen LogP contribution < -0.4 is 0 Å². The lowest BCUT2D eigenvalue weighted by Gasteiger charge is -2.31. The average molecular weight is 200 g/mol. The summed E-state index contributed by atoms with van der Waals surface area (Å²) < 4.78 is 0. The van der Waals surface area contributed by atoms with Gasteiger partial charge in [0.15, 0.2) is 0 Å². The van der Waals surface area contributed by atoms with Crippen molar-refractivity contribution in [1.82, 2.24) is 0 Å². The van der Waals surface area contributed by atoms with Crippen LogP contribution >= 0.6 is 0 Å². The van der Waals surface area contributed by atoms with Crippen molar-refractivity contribution in [3.05, 3.63) is 0 Å². The van der Waals surface area contributed by atoms with Gasteiger partial charge in [-0.2, -0.15) is 0 Å². The highest BCUT2D eigenvalue weighted by atomic mass is 16.3. The summed E-state index contributed by atoms with van der Waals surface area (Å²) in [6.45, 7) is 8.78. The molecule has 0 fully saturated rings. The normalized spacial score (nSPS) is 12.4. The van der Waals surface area contributed by atoms with Crippen molar-refractivity contribution in [2.45, 2.75) is 78.2 Å². The van der Waals surface area contributed by atoms with E-state index in [0.717, 1.165) is 32.1 Å². The lowest BCUT2D eigenvalue weighted by atomic mass is 9.81. The maximum absolute atomic E-state index is 10.4. The van der Waals surface area contributed by atoms with E-state index in [0.29, 0.717) is 5.92 Å². The molecule has 0 heterocycles. The highest BCUT2D eigenvalue weighted by Crippen LogP contribution is 2.30. The standard InChI is InChI=1S/C13H28O/c1-5-9-13(14,10-6-2)11-12(7-3)8-4/h12,14H,5-11H2,1-4H3. The van der Waals surface area contributed by atoms with E-state index in [4.69, 9.17) is 0 Å². The number of hydrogen-bond donors (Lipinski definition) is 1. The summed E-state index contributed by atoms with van der Waals surface area (Å²) in [5.41, 5.74) is -0.375. The van der Waals surface area contributed by atoms with Crippen molar-refractivity contribution >= 4 is 0 Å². The van der Waals surface area contributed by atoms with Gasteiger partial charge in [0.2, 0.25) is 0 Å². The summed E-state index contributed by atoms with van der Waals surface area (Å²) in [6.07, 6.45) is 7.53. The Morgan fingerprint density at radius 1 is 0.929 bits per heavy atom. The molecule has 0 radical (unpaired) electrons. The van der Waals surface area contributed by atoms with E-state index in [9.17, 15) is 5.11 Å². The molecule has 0 saturated carbocycles. The number of rotatable bonds is 8. The van der Waals surface area contributed by atoms with Crippen molar-refractivity contribution in [3.63, 3.8) is 0 Å². The molecule has 0 aromatic carbocycles. The highest BCUT2D eigenvalue weighted by Gasteiger charge is 2.27. The van der Waals surface area contributed by atoms with Gasteiger partial charge in [0.25, 0.3) is 0 Å². The molecule has 0 atom stereocenters. The highest BCUT2D eigenvalue weighted by molar-refractivity contribution is 4.80. The largest absolute Gasteiger partial charge is 0.390 e. The van der Waals surface area contributed by atoms with Gasteiger partial charge >= 0.3 is 0 Å². The minimum atomic E-state index is -0.375. The lowest BCUT2D eigenvalue weighted by molar-refractivity contribution is -0.00318. The van der Waals surface area contributed by atoms with Crippen LogP contribution in [0.3, 0.4) is 0 Å². The third-order valence-electron chi connectivity index (χ3n) is 3.25. The molecule has 0 amide bonds. The number of aliphatic hydroxyl groups is 1. The van der Waals surface area contributed by atoms with Gasteiger partial charge in [-0.15, -0.1) is 0 Å². The molecular formula is C13H28O. The minimum absolute atomic E-state index is 0.375. The van der Waals surface area contributed by atoms with Gasteiger partial charge in [-0.05, 0) is 25.2 Å². The summed E-state index contributed by atoms with van der Waals surface area (Å²) in [5.74, 6) is 0.707. The molecule has 0 spiro atoms. The van der Waals surface area contributed by atoms with Crippen molar-refractivity contribution in [1.29, 1.82) is 0 Å². The fourth-order valence-corrected chi connectivity index (χ4v) is 2.37. The van der Waals surface area contributed by atoms with Crippen LogP contribution in [0.15, 0.2) is 0 Å². The fraction of sp³-hybridized carbons (Fsp3) is 1.00. The monoisotopic (exact) mass is 200 g/mol. The minimum Gasteiger partial charge on any atom is -0.390 e. The van der Waals surface area contributed by atoms with E-state index in [-0.39, 0.29) is 5.60 Å². The van der Waals surface area contributed by atoms with Crippen molar-refractivity contribution in [3.8, 4) is 0 Å². The Bertz CT molecular complexity index is 121. The molecule has 0 bridgehead atoms. The molecule has 0 aromatic rings. The van der Waals surface area contributed by atoms with Crippen LogP contribution in [0.25, 0.3) is 0 Å². The SMILES string of the molecule is CCCC(O)(CCC)CC(CC)CC. The first-order valence-corrected chi connectivity index (χ1v) is 6.34. The zero-order chi connectivity index (χ0) is 11.0. The molecule has 1 N–H and O–H groups in total. The Labute approximate surface area is 89.9 Å². The Kier molecular flexibility index (Phi) is 7.26. The van der Waals surface area contributed by atoms with Crippen LogP contribution in [0.1, 0.15) is 72.6 Å². The molecule has 0 saturated heterocycles. The molecule has 0 rings (SSSR count). The van der Waals surface area contributed by atoms with Gasteiger partial charge in [-0.1, -0.05) is 53.4 Å². The van der Waals surface area contributed by atoms with Crippen molar-refractivity contribution in [2.24, 2.45) is 5.92 Å². The Morgan fingerprint density at radius 2 is 1.36 bits per heavy atom. The molecular weight excluding hydrogens is 172 g/mol. The predicted molar refractivity (Wildman–Crippen MR) is 63.5 cm³/mol. The Balaban J connectivity index is 4.17. The first-order chi connectivity index (χ1) is 6.61. The zero-order valence-electron chi connectivity index (χ0n) is 10.5. The van der Waals surface area contributed by atoms with Crippen LogP contribution in [0.2, 0.25) is 0 Å². The van der Waals surface area contributed by atoms with E-state index >= 15 is 0 Å². The van der Waals surface area contributed by atoms with E-state index in [2.05, 4.69) is 27.7 Å². The Morgan fingerprint density at radius 3 is 1.64 bits per heavy atom. The molecule has 1 heteroatoms. The van der Waals surface area contributed by atoms with Crippen LogP contribution in [0.4, 0.5) is 0 Å². The van der Waals surface area contributed by atoms with Gasteiger partial charge in [0.05, 0.1) is 5.60 Å². The van der Waals surface area contributed by atoms with E-state index < -0.39 is 0 Å². The first kappa shape index (κ1) is 14.0. The molecule has 1 nitrogen and oxygen atoms in total. The van der Waals surface area contributed by atoms with Crippen molar-refractivity contribution < 1.29 is 5.11 Å². The molecule has 0 aliphatic heterocycles. The lowest BCUT2D eigenvalue weighted by Crippen LogP contribution is -2.31. The van der Waals surface area contributed by atoms with Crippen LogP contribution in [0.5, 0.6) is 0 Å². The predicted octanol–water partition coefficient (Wildman–Crippen LogP) is 4.14. The second-order valence-corrected chi connectivity index (χ2v) is 4.61. The van der Waals surface area contributed by atoms with Gasteiger partial charge < -0.3 is 5.11 Å². The molecule has 0 aliphatic carbocycles. The van der Waals surface area contributed by atoms with Gasteiger partial charge in [0, 0.05) is 0 Å². The second kappa shape index (κ2) is 7.28. The molecule has 0 aromatic heterocycles. The van der Waals surface area contributed by atoms with Crippen LogP contribution in [0, 0.1) is 5.92 Å².